The maximum atomic E-state index is 13.5. The van der Waals surface area contributed by atoms with Crippen LogP contribution in [0.5, 0.6) is 0 Å². The number of likely N-dealkylation sites (N-methyl/N-ethyl adjacent to an activating group) is 1. The minimum absolute atomic E-state index is 0.0654. The Morgan fingerprint density at radius 1 is 1.20 bits per heavy atom. The molecule has 3 heteroatoms. The molecule has 20 heavy (non-hydrogen) atoms. The third-order valence-corrected chi connectivity index (χ3v) is 3.82. The fourth-order valence-electron chi connectivity index (χ4n) is 2.41. The van der Waals surface area contributed by atoms with Gasteiger partial charge < -0.3 is 5.32 Å². The van der Waals surface area contributed by atoms with Crippen molar-refractivity contribution in [1.82, 2.24) is 5.32 Å². The summed E-state index contributed by atoms with van der Waals surface area (Å²) in [6.45, 7) is 4.88. The van der Waals surface area contributed by atoms with Crippen LogP contribution in [-0.2, 0) is 6.42 Å². The number of halogens is 2. The molecule has 0 aromatic heterocycles. The van der Waals surface area contributed by atoms with Crippen molar-refractivity contribution in [3.05, 3.63) is 70.0 Å². The van der Waals surface area contributed by atoms with Gasteiger partial charge in [-0.15, -0.1) is 0 Å². The zero-order valence-corrected chi connectivity index (χ0v) is 12.5. The molecular formula is C17H19ClFN. The van der Waals surface area contributed by atoms with E-state index in [9.17, 15) is 4.39 Å². The topological polar surface area (TPSA) is 12.0 Å². The molecule has 0 spiro atoms. The first kappa shape index (κ1) is 15.0. The first-order chi connectivity index (χ1) is 9.61. The average Bonchev–Trinajstić information content (AvgIpc) is 2.43. The van der Waals surface area contributed by atoms with Gasteiger partial charge in [0.1, 0.15) is 5.82 Å². The zero-order chi connectivity index (χ0) is 14.5. The summed E-state index contributed by atoms with van der Waals surface area (Å²) in [7, 11) is 0. The van der Waals surface area contributed by atoms with Crippen molar-refractivity contribution in [1.29, 1.82) is 0 Å². The first-order valence-electron chi connectivity index (χ1n) is 6.84. The number of aryl methyl sites for hydroxylation is 1. The van der Waals surface area contributed by atoms with Crippen LogP contribution in [-0.4, -0.2) is 6.54 Å². The molecular weight excluding hydrogens is 273 g/mol. The van der Waals surface area contributed by atoms with Crippen LogP contribution < -0.4 is 5.32 Å². The van der Waals surface area contributed by atoms with Crippen LogP contribution in [0, 0.1) is 12.7 Å². The Morgan fingerprint density at radius 2 is 1.95 bits per heavy atom. The minimum Gasteiger partial charge on any atom is -0.310 e. The Labute approximate surface area is 124 Å². The standard InChI is InChI=1S/C17H19ClFN/c1-3-20-17(10-13-6-4-5-7-16(13)18)15-11-14(19)9-8-12(15)2/h4-9,11,17,20H,3,10H2,1-2H3. The Bertz CT molecular complexity index is 583. The van der Waals surface area contributed by atoms with Gasteiger partial charge in [-0.05, 0) is 54.8 Å². The lowest BCUT2D eigenvalue weighted by molar-refractivity contribution is 0.540. The van der Waals surface area contributed by atoms with E-state index in [-0.39, 0.29) is 11.9 Å². The highest BCUT2D eigenvalue weighted by Crippen LogP contribution is 2.26. The Hall–Kier alpha value is -1.38. The van der Waals surface area contributed by atoms with E-state index in [0.29, 0.717) is 0 Å². The minimum atomic E-state index is -0.201. The van der Waals surface area contributed by atoms with E-state index in [1.165, 1.54) is 6.07 Å². The highest BCUT2D eigenvalue weighted by molar-refractivity contribution is 6.31. The van der Waals surface area contributed by atoms with Gasteiger partial charge in [-0.3, -0.25) is 0 Å². The van der Waals surface area contributed by atoms with Crippen LogP contribution in [0.15, 0.2) is 42.5 Å². The third-order valence-electron chi connectivity index (χ3n) is 3.45. The molecule has 0 saturated carbocycles. The molecule has 0 saturated heterocycles. The molecule has 106 valence electrons. The normalized spacial score (nSPS) is 12.4. The maximum Gasteiger partial charge on any atom is 0.123 e. The average molecular weight is 292 g/mol. The van der Waals surface area contributed by atoms with E-state index < -0.39 is 0 Å². The lowest BCUT2D eigenvalue weighted by Gasteiger charge is -2.21. The first-order valence-corrected chi connectivity index (χ1v) is 7.22. The van der Waals surface area contributed by atoms with Crippen LogP contribution >= 0.6 is 11.6 Å². The van der Waals surface area contributed by atoms with Gasteiger partial charge in [-0.25, -0.2) is 4.39 Å². The lowest BCUT2D eigenvalue weighted by Crippen LogP contribution is -2.24. The van der Waals surface area contributed by atoms with Crippen LogP contribution in [0.2, 0.25) is 5.02 Å². The molecule has 1 nitrogen and oxygen atoms in total. The molecule has 0 aliphatic carbocycles. The van der Waals surface area contributed by atoms with Crippen LogP contribution in [0.25, 0.3) is 0 Å². The molecule has 0 radical (unpaired) electrons. The highest BCUT2D eigenvalue weighted by Gasteiger charge is 2.15. The van der Waals surface area contributed by atoms with Gasteiger partial charge in [0.25, 0.3) is 0 Å². The molecule has 1 N–H and O–H groups in total. The number of benzene rings is 2. The zero-order valence-electron chi connectivity index (χ0n) is 11.8. The molecule has 2 rings (SSSR count). The summed E-state index contributed by atoms with van der Waals surface area (Å²) in [4.78, 5) is 0. The summed E-state index contributed by atoms with van der Waals surface area (Å²) in [6.07, 6.45) is 0.748. The second-order valence-electron chi connectivity index (χ2n) is 4.91. The molecule has 0 bridgehead atoms. The monoisotopic (exact) mass is 291 g/mol. The number of hydrogen-bond donors (Lipinski definition) is 1. The fraction of sp³-hybridized carbons (Fsp3) is 0.294. The van der Waals surface area contributed by atoms with Crippen molar-refractivity contribution in [3.63, 3.8) is 0 Å². The SMILES string of the molecule is CCNC(Cc1ccccc1Cl)c1cc(F)ccc1C. The number of nitrogens with one attached hydrogen (secondary N) is 1. The molecule has 0 fully saturated rings. The van der Waals surface area contributed by atoms with E-state index in [1.807, 2.05) is 44.2 Å². The van der Waals surface area contributed by atoms with Crippen LogP contribution in [0.4, 0.5) is 4.39 Å². The van der Waals surface area contributed by atoms with Gasteiger partial charge in [0.05, 0.1) is 0 Å². The van der Waals surface area contributed by atoms with Crippen LogP contribution in [0.1, 0.15) is 29.7 Å². The molecule has 0 aliphatic heterocycles. The summed E-state index contributed by atoms with van der Waals surface area (Å²) < 4.78 is 13.5. The molecule has 2 aromatic carbocycles. The summed E-state index contributed by atoms with van der Waals surface area (Å²) in [5.74, 6) is -0.201. The number of hydrogen-bond acceptors (Lipinski definition) is 1. The van der Waals surface area contributed by atoms with E-state index in [0.717, 1.165) is 34.7 Å². The van der Waals surface area contributed by atoms with Crippen molar-refractivity contribution >= 4 is 11.6 Å². The van der Waals surface area contributed by atoms with Gasteiger partial charge in [0.2, 0.25) is 0 Å². The Balaban J connectivity index is 2.32. The van der Waals surface area contributed by atoms with Gasteiger partial charge in [0.15, 0.2) is 0 Å². The van der Waals surface area contributed by atoms with Crippen LogP contribution in [0.3, 0.4) is 0 Å². The van der Waals surface area contributed by atoms with Crippen molar-refractivity contribution in [3.8, 4) is 0 Å². The second-order valence-corrected chi connectivity index (χ2v) is 5.31. The fourth-order valence-corrected chi connectivity index (χ4v) is 2.62. The molecule has 1 unspecified atom stereocenters. The third kappa shape index (κ3) is 3.59. The largest absolute Gasteiger partial charge is 0.310 e. The van der Waals surface area contributed by atoms with E-state index in [4.69, 9.17) is 11.6 Å². The van der Waals surface area contributed by atoms with Crippen molar-refractivity contribution in [2.45, 2.75) is 26.3 Å². The smallest absolute Gasteiger partial charge is 0.123 e. The quantitative estimate of drug-likeness (QED) is 0.843. The molecule has 0 aliphatic rings. The van der Waals surface area contributed by atoms with Gasteiger partial charge in [-0.2, -0.15) is 0 Å². The predicted octanol–water partition coefficient (Wildman–Crippen LogP) is 4.68. The molecule has 1 atom stereocenters. The second kappa shape index (κ2) is 6.87. The molecule has 0 amide bonds. The molecule has 2 aromatic rings. The van der Waals surface area contributed by atoms with Gasteiger partial charge >= 0.3 is 0 Å². The Morgan fingerprint density at radius 3 is 2.65 bits per heavy atom. The van der Waals surface area contributed by atoms with Gasteiger partial charge in [-0.1, -0.05) is 42.8 Å². The highest BCUT2D eigenvalue weighted by atomic mass is 35.5. The van der Waals surface area contributed by atoms with E-state index in [2.05, 4.69) is 5.32 Å². The summed E-state index contributed by atoms with van der Waals surface area (Å²) in [6, 6.07) is 12.8. The van der Waals surface area contributed by atoms with Crippen molar-refractivity contribution < 1.29 is 4.39 Å². The Kier molecular flexibility index (Phi) is 5.16. The molecule has 0 heterocycles. The number of rotatable bonds is 5. The summed E-state index contributed by atoms with van der Waals surface area (Å²) >= 11 is 6.23. The summed E-state index contributed by atoms with van der Waals surface area (Å²) in [5.41, 5.74) is 3.15. The van der Waals surface area contributed by atoms with E-state index >= 15 is 0 Å². The van der Waals surface area contributed by atoms with E-state index in [1.54, 1.807) is 6.07 Å². The van der Waals surface area contributed by atoms with Crippen molar-refractivity contribution in [2.24, 2.45) is 0 Å². The maximum absolute atomic E-state index is 13.5. The van der Waals surface area contributed by atoms with Crippen molar-refractivity contribution in [2.75, 3.05) is 6.54 Å². The summed E-state index contributed by atoms with van der Waals surface area (Å²) in [5, 5.41) is 4.17. The predicted molar refractivity (Wildman–Crippen MR) is 82.7 cm³/mol. The van der Waals surface area contributed by atoms with Gasteiger partial charge in [0, 0.05) is 11.1 Å². The lowest BCUT2D eigenvalue weighted by atomic mass is 9.95.